The van der Waals surface area contributed by atoms with Gasteiger partial charge in [-0.15, -0.1) is 12.4 Å². The van der Waals surface area contributed by atoms with Gasteiger partial charge < -0.3 is 19.3 Å². The van der Waals surface area contributed by atoms with E-state index in [1.165, 1.54) is 11.9 Å². The van der Waals surface area contributed by atoms with Crippen molar-refractivity contribution in [3.05, 3.63) is 24.3 Å². The van der Waals surface area contributed by atoms with Crippen LogP contribution in [0.25, 0.3) is 11.0 Å². The number of fused-ring (bicyclic) bond motifs is 1. The Morgan fingerprint density at radius 3 is 2.33 bits per heavy atom. The zero-order valence-corrected chi connectivity index (χ0v) is 17.0. The first-order chi connectivity index (χ1) is 12.8. The largest absolute Gasteiger partial charge is 0.339 e. The zero-order valence-electron chi connectivity index (χ0n) is 16.1. The van der Waals surface area contributed by atoms with Crippen LogP contribution in [0.1, 0.15) is 32.6 Å². The smallest absolute Gasteiger partial charge is 0.320 e. The van der Waals surface area contributed by atoms with Gasteiger partial charge in [0.2, 0.25) is 5.95 Å². The molecule has 1 aromatic heterocycles. The molecule has 27 heavy (non-hydrogen) atoms. The van der Waals surface area contributed by atoms with E-state index < -0.39 is 0 Å². The van der Waals surface area contributed by atoms with Crippen LogP contribution in [0.5, 0.6) is 0 Å². The maximum absolute atomic E-state index is 12.7. The van der Waals surface area contributed by atoms with E-state index in [9.17, 15) is 4.79 Å². The number of para-hydroxylation sites is 2. The van der Waals surface area contributed by atoms with Gasteiger partial charge in [-0.1, -0.05) is 19.1 Å². The van der Waals surface area contributed by atoms with Crippen LogP contribution in [-0.4, -0.2) is 64.7 Å². The number of benzene rings is 1. The van der Waals surface area contributed by atoms with Gasteiger partial charge in [0.25, 0.3) is 0 Å². The number of halogens is 1. The van der Waals surface area contributed by atoms with Crippen LogP contribution in [0.2, 0.25) is 0 Å². The van der Waals surface area contributed by atoms with Crippen molar-refractivity contribution >= 4 is 35.4 Å². The first-order valence-electron chi connectivity index (χ1n) is 10.0. The van der Waals surface area contributed by atoms with Gasteiger partial charge in [0.15, 0.2) is 0 Å². The molecule has 4 rings (SSSR count). The second-order valence-corrected chi connectivity index (χ2v) is 7.36. The first-order valence-corrected chi connectivity index (χ1v) is 10.0. The Morgan fingerprint density at radius 2 is 1.63 bits per heavy atom. The number of aryl methyl sites for hydroxylation is 1. The van der Waals surface area contributed by atoms with Gasteiger partial charge in [0, 0.05) is 45.8 Å². The van der Waals surface area contributed by atoms with Crippen LogP contribution >= 0.6 is 12.4 Å². The summed E-state index contributed by atoms with van der Waals surface area (Å²) in [6, 6.07) is 8.59. The summed E-state index contributed by atoms with van der Waals surface area (Å²) in [6.45, 7) is 8.29. The molecule has 6 nitrogen and oxygen atoms in total. The fourth-order valence-electron chi connectivity index (χ4n) is 4.13. The molecular weight excluding hydrogens is 362 g/mol. The Balaban J connectivity index is 0.00000210. The lowest BCUT2D eigenvalue weighted by atomic mass is 10.1. The topological polar surface area (TPSA) is 44.6 Å². The molecule has 0 atom stereocenters. The number of carbonyl (C=O) groups is 1. The summed E-state index contributed by atoms with van der Waals surface area (Å²) >= 11 is 0. The van der Waals surface area contributed by atoms with Gasteiger partial charge in [-0.2, -0.15) is 0 Å². The van der Waals surface area contributed by atoms with Crippen LogP contribution in [0.15, 0.2) is 24.3 Å². The number of anilines is 1. The fourth-order valence-corrected chi connectivity index (χ4v) is 4.13. The highest BCUT2D eigenvalue weighted by Gasteiger charge is 2.28. The summed E-state index contributed by atoms with van der Waals surface area (Å²) in [4.78, 5) is 24.0. The molecule has 2 aliphatic heterocycles. The number of imidazole rings is 1. The minimum atomic E-state index is 0. The van der Waals surface area contributed by atoms with E-state index >= 15 is 0 Å². The molecular formula is C20H30ClN5O. The lowest BCUT2D eigenvalue weighted by Gasteiger charge is -2.39. The summed E-state index contributed by atoms with van der Waals surface area (Å²) in [5.41, 5.74) is 2.26. The van der Waals surface area contributed by atoms with Crippen LogP contribution in [0, 0.1) is 0 Å². The van der Waals surface area contributed by atoms with E-state index in [1.807, 2.05) is 15.9 Å². The zero-order chi connectivity index (χ0) is 17.9. The molecule has 2 aliphatic rings. The van der Waals surface area contributed by atoms with Gasteiger partial charge in [0.05, 0.1) is 11.0 Å². The number of amides is 2. The highest BCUT2D eigenvalue weighted by Crippen LogP contribution is 2.24. The number of rotatable bonds is 3. The lowest BCUT2D eigenvalue weighted by molar-refractivity contribution is 0.140. The van der Waals surface area contributed by atoms with Gasteiger partial charge in [-0.25, -0.2) is 9.78 Å². The van der Waals surface area contributed by atoms with Crippen LogP contribution in [-0.2, 0) is 6.54 Å². The highest BCUT2D eigenvalue weighted by atomic mass is 35.5. The number of hydrogen-bond donors (Lipinski definition) is 0. The Kier molecular flexibility index (Phi) is 6.47. The first kappa shape index (κ1) is 19.8. The predicted molar refractivity (Wildman–Crippen MR) is 112 cm³/mol. The number of piperidine rings is 1. The fraction of sp³-hybridized carbons (Fsp3) is 0.600. The van der Waals surface area contributed by atoms with Gasteiger partial charge in [0.1, 0.15) is 0 Å². The molecule has 2 saturated heterocycles. The van der Waals surface area contributed by atoms with Crippen molar-refractivity contribution in [3.8, 4) is 0 Å². The summed E-state index contributed by atoms with van der Waals surface area (Å²) in [7, 11) is 0. The number of likely N-dealkylation sites (tertiary alicyclic amines) is 1. The van der Waals surface area contributed by atoms with E-state index in [2.05, 4.69) is 34.6 Å². The SMILES string of the molecule is CCCn1c(N2CCN(C(=O)N3CCCCC3)CC2)nc2ccccc21.Cl. The molecule has 0 unspecified atom stereocenters. The molecule has 0 saturated carbocycles. The third-order valence-corrected chi connectivity index (χ3v) is 5.54. The van der Waals surface area contributed by atoms with E-state index in [0.29, 0.717) is 0 Å². The predicted octanol–water partition coefficient (Wildman–Crippen LogP) is 3.60. The molecule has 7 heteroatoms. The molecule has 2 amide bonds. The van der Waals surface area contributed by atoms with E-state index in [-0.39, 0.29) is 18.4 Å². The lowest BCUT2D eigenvalue weighted by Crippen LogP contribution is -2.54. The summed E-state index contributed by atoms with van der Waals surface area (Å²) in [5.74, 6) is 1.05. The molecule has 2 aromatic rings. The van der Waals surface area contributed by atoms with E-state index in [1.54, 1.807) is 0 Å². The van der Waals surface area contributed by atoms with Crippen molar-refractivity contribution < 1.29 is 4.79 Å². The Hall–Kier alpha value is -1.95. The minimum absolute atomic E-state index is 0. The molecule has 0 spiro atoms. The molecule has 1 aromatic carbocycles. The molecule has 0 bridgehead atoms. The van der Waals surface area contributed by atoms with Gasteiger partial charge >= 0.3 is 6.03 Å². The van der Waals surface area contributed by atoms with Crippen molar-refractivity contribution in [2.24, 2.45) is 0 Å². The monoisotopic (exact) mass is 391 g/mol. The quantitative estimate of drug-likeness (QED) is 0.803. The Morgan fingerprint density at radius 1 is 0.963 bits per heavy atom. The molecule has 0 radical (unpaired) electrons. The number of aromatic nitrogens is 2. The average Bonchev–Trinajstić information content (AvgIpc) is 3.07. The van der Waals surface area contributed by atoms with E-state index in [0.717, 1.165) is 76.5 Å². The number of carbonyl (C=O) groups excluding carboxylic acids is 1. The molecule has 3 heterocycles. The molecule has 0 aliphatic carbocycles. The highest BCUT2D eigenvalue weighted by molar-refractivity contribution is 5.85. The van der Waals surface area contributed by atoms with Crippen molar-refractivity contribution in [1.82, 2.24) is 19.4 Å². The van der Waals surface area contributed by atoms with Crippen molar-refractivity contribution in [3.63, 3.8) is 0 Å². The Labute approximate surface area is 167 Å². The number of piperazine rings is 1. The Bertz CT molecular complexity index is 763. The number of nitrogens with zero attached hydrogens (tertiary/aromatic N) is 5. The number of hydrogen-bond acceptors (Lipinski definition) is 3. The van der Waals surface area contributed by atoms with Crippen LogP contribution in [0.4, 0.5) is 10.7 Å². The summed E-state index contributed by atoms with van der Waals surface area (Å²) < 4.78 is 2.33. The van der Waals surface area contributed by atoms with Crippen molar-refractivity contribution in [1.29, 1.82) is 0 Å². The van der Waals surface area contributed by atoms with Gasteiger partial charge in [-0.05, 0) is 37.8 Å². The minimum Gasteiger partial charge on any atom is -0.339 e. The van der Waals surface area contributed by atoms with Gasteiger partial charge in [-0.3, -0.25) is 0 Å². The molecule has 2 fully saturated rings. The number of urea groups is 1. The standard InChI is InChI=1S/C20H29N5O.ClH/c1-2-10-25-18-9-5-4-8-17(18)21-19(25)22-13-15-24(16-14-22)20(26)23-11-6-3-7-12-23;/h4-5,8-9H,2-3,6-7,10-16H2,1H3;1H. The third-order valence-electron chi connectivity index (χ3n) is 5.54. The van der Waals surface area contributed by atoms with Crippen molar-refractivity contribution in [2.75, 3.05) is 44.2 Å². The summed E-state index contributed by atoms with van der Waals surface area (Å²) in [5, 5.41) is 0. The van der Waals surface area contributed by atoms with E-state index in [4.69, 9.17) is 4.98 Å². The second kappa shape index (κ2) is 8.83. The molecule has 148 valence electrons. The maximum atomic E-state index is 12.7. The molecule has 0 N–H and O–H groups in total. The van der Waals surface area contributed by atoms with Crippen LogP contribution in [0.3, 0.4) is 0 Å². The third kappa shape index (κ3) is 4.00. The summed E-state index contributed by atoms with van der Waals surface area (Å²) in [6.07, 6.45) is 4.63. The normalized spacial score (nSPS) is 17.9. The van der Waals surface area contributed by atoms with Crippen molar-refractivity contribution in [2.45, 2.75) is 39.2 Å². The second-order valence-electron chi connectivity index (χ2n) is 7.36. The maximum Gasteiger partial charge on any atom is 0.320 e. The average molecular weight is 392 g/mol. The van der Waals surface area contributed by atoms with Crippen LogP contribution < -0.4 is 4.90 Å².